The third-order valence-corrected chi connectivity index (χ3v) is 8.30. The molecular weight excluding hydrogens is 563 g/mol. The van der Waals surface area contributed by atoms with Gasteiger partial charge in [0.2, 0.25) is 15.8 Å². The number of fused-ring (bicyclic) bond motifs is 1. The maximum Gasteiger partial charge on any atom is 0.490 e. The first-order chi connectivity index (χ1) is 17.2. The monoisotopic (exact) mass is 579 g/mol. The van der Waals surface area contributed by atoms with E-state index in [1.54, 1.807) is 17.6 Å². The highest BCUT2D eigenvalue weighted by molar-refractivity contribution is 7.93. The quantitative estimate of drug-likeness (QED) is 0.253. The second kappa shape index (κ2) is 10.5. The van der Waals surface area contributed by atoms with Crippen LogP contribution in [0.3, 0.4) is 0 Å². The molecular formula is C18H16F3N7O6S3. The number of tetrazole rings is 1. The fourth-order valence-electron chi connectivity index (χ4n) is 3.11. The van der Waals surface area contributed by atoms with Crippen molar-refractivity contribution in [3.8, 4) is 22.5 Å². The topological polar surface area (TPSA) is 225 Å². The molecule has 2 aromatic carbocycles. The number of carboxylic acids is 1. The fourth-order valence-corrected chi connectivity index (χ4v) is 6.52. The first-order valence-electron chi connectivity index (χ1n) is 9.67. The number of thiazole rings is 1. The standard InChI is InChI=1S/C16H15N7O4S3.C2HF3O2/c17-5-6-29(24,25)13-4-2-10(9-1-3-12-11(7-9)19-8-28-12)14(15(13)30(18,26)27)16-20-22-23-21-16;3-2(4,5)1(6)7/h1-4,7-8H,5-6,17H2,(H2,18,26,27)(H,20,21,22,23);(H,6,7). The number of rotatable bonds is 6. The van der Waals surface area contributed by atoms with E-state index in [4.69, 9.17) is 20.8 Å². The van der Waals surface area contributed by atoms with Gasteiger partial charge in [0.15, 0.2) is 9.84 Å². The lowest BCUT2D eigenvalue weighted by Crippen LogP contribution is -2.22. The SMILES string of the molecule is NCCS(=O)(=O)c1ccc(-c2ccc3scnc3c2)c(-c2nn[nH]n2)c1S(N)(=O)=O.O=C(O)C(F)(F)F. The van der Waals surface area contributed by atoms with Gasteiger partial charge in [0.25, 0.3) is 0 Å². The van der Waals surface area contributed by atoms with E-state index in [1.165, 1.54) is 23.5 Å². The number of alkyl halides is 3. The van der Waals surface area contributed by atoms with Crippen LogP contribution in [0, 0.1) is 0 Å². The van der Waals surface area contributed by atoms with Crippen molar-refractivity contribution in [2.75, 3.05) is 12.3 Å². The number of nitrogens with two attached hydrogens (primary N) is 2. The van der Waals surface area contributed by atoms with Crippen molar-refractivity contribution in [3.63, 3.8) is 0 Å². The molecule has 19 heteroatoms. The summed E-state index contributed by atoms with van der Waals surface area (Å²) in [4.78, 5) is 12.1. The summed E-state index contributed by atoms with van der Waals surface area (Å²) in [5.41, 5.74) is 8.67. The lowest BCUT2D eigenvalue weighted by molar-refractivity contribution is -0.192. The maximum atomic E-state index is 12.7. The molecule has 2 aromatic heterocycles. The molecule has 4 aromatic rings. The summed E-state index contributed by atoms with van der Waals surface area (Å²) in [6.45, 7) is -0.188. The normalized spacial score (nSPS) is 12.2. The zero-order valence-electron chi connectivity index (χ0n) is 18.2. The lowest BCUT2D eigenvalue weighted by atomic mass is 9.99. The van der Waals surface area contributed by atoms with Gasteiger partial charge >= 0.3 is 12.1 Å². The zero-order chi connectivity index (χ0) is 27.6. The van der Waals surface area contributed by atoms with Gasteiger partial charge < -0.3 is 10.8 Å². The van der Waals surface area contributed by atoms with Crippen molar-refractivity contribution in [2.45, 2.75) is 16.0 Å². The molecule has 6 N–H and O–H groups in total. The zero-order valence-corrected chi connectivity index (χ0v) is 20.6. The Labute approximate surface area is 210 Å². The lowest BCUT2D eigenvalue weighted by Gasteiger charge is -2.16. The number of halogens is 3. The number of nitrogens with one attached hydrogen (secondary N) is 1. The molecule has 0 saturated heterocycles. The van der Waals surface area contributed by atoms with Gasteiger partial charge in [0, 0.05) is 6.54 Å². The number of H-pyrrole nitrogens is 1. The highest BCUT2D eigenvalue weighted by atomic mass is 32.2. The minimum absolute atomic E-state index is 0.0704. The number of aliphatic carboxylic acids is 1. The number of hydrogen-bond donors (Lipinski definition) is 4. The average Bonchev–Trinajstić information content (AvgIpc) is 3.49. The summed E-state index contributed by atoms with van der Waals surface area (Å²) in [6, 6.07) is 8.04. The summed E-state index contributed by atoms with van der Waals surface area (Å²) < 4.78 is 83.3. The fraction of sp³-hybridized carbons (Fsp3) is 0.167. The third kappa shape index (κ3) is 6.25. The second-order valence-corrected chi connectivity index (χ2v) is 11.5. The van der Waals surface area contributed by atoms with Crippen molar-refractivity contribution in [2.24, 2.45) is 10.9 Å². The van der Waals surface area contributed by atoms with Crippen LogP contribution in [0.4, 0.5) is 13.2 Å². The van der Waals surface area contributed by atoms with Crippen molar-refractivity contribution < 1.29 is 39.9 Å². The summed E-state index contributed by atoms with van der Waals surface area (Å²) in [6.07, 6.45) is -5.08. The first kappa shape index (κ1) is 28.1. The highest BCUT2D eigenvalue weighted by Gasteiger charge is 2.38. The third-order valence-electron chi connectivity index (χ3n) is 4.58. The maximum absolute atomic E-state index is 12.7. The molecule has 13 nitrogen and oxygen atoms in total. The van der Waals surface area contributed by atoms with E-state index in [9.17, 15) is 30.0 Å². The smallest absolute Gasteiger partial charge is 0.475 e. The van der Waals surface area contributed by atoms with Crippen LogP contribution in [-0.4, -0.2) is 72.0 Å². The Bertz CT molecular complexity index is 1650. The van der Waals surface area contributed by atoms with Gasteiger partial charge in [-0.1, -0.05) is 12.1 Å². The molecule has 0 aliphatic heterocycles. The summed E-state index contributed by atoms with van der Waals surface area (Å²) in [7, 11) is -8.55. The number of hydrogen-bond acceptors (Lipinski definition) is 11. The van der Waals surface area contributed by atoms with Gasteiger partial charge in [-0.25, -0.2) is 31.8 Å². The molecule has 0 saturated carbocycles. The molecule has 0 amide bonds. The number of nitrogens with zero attached hydrogens (tertiary/aromatic N) is 4. The Balaban J connectivity index is 0.000000479. The van der Waals surface area contributed by atoms with Gasteiger partial charge in [-0.05, 0) is 34.5 Å². The second-order valence-electron chi connectivity index (χ2n) is 7.04. The molecule has 4 rings (SSSR count). The van der Waals surface area contributed by atoms with E-state index >= 15 is 0 Å². The number of primary sulfonamides is 1. The number of sulfone groups is 1. The number of carbonyl (C=O) groups is 1. The predicted octanol–water partition coefficient (Wildman–Crippen LogP) is 1.16. The van der Waals surface area contributed by atoms with E-state index in [-0.39, 0.29) is 17.9 Å². The Morgan fingerprint density at radius 3 is 2.35 bits per heavy atom. The van der Waals surface area contributed by atoms with E-state index in [1.807, 2.05) is 6.07 Å². The number of aromatic nitrogens is 5. The van der Waals surface area contributed by atoms with Crippen LogP contribution < -0.4 is 10.9 Å². The van der Waals surface area contributed by atoms with Gasteiger partial charge in [-0.2, -0.15) is 18.4 Å². The molecule has 198 valence electrons. The molecule has 0 bridgehead atoms. The van der Waals surface area contributed by atoms with E-state index < -0.39 is 47.5 Å². The molecule has 0 aliphatic carbocycles. The van der Waals surface area contributed by atoms with Crippen LogP contribution >= 0.6 is 11.3 Å². The average molecular weight is 580 g/mol. The minimum atomic E-state index is -5.08. The van der Waals surface area contributed by atoms with Gasteiger partial charge in [0.05, 0.1) is 31.9 Å². The van der Waals surface area contributed by atoms with E-state index in [2.05, 4.69) is 25.6 Å². The molecule has 0 radical (unpaired) electrons. The highest BCUT2D eigenvalue weighted by Crippen LogP contribution is 2.39. The Hall–Kier alpha value is -3.52. The molecule has 0 atom stereocenters. The first-order valence-corrected chi connectivity index (χ1v) is 13.7. The largest absolute Gasteiger partial charge is 0.490 e. The van der Waals surface area contributed by atoms with Crippen LogP contribution in [-0.2, 0) is 24.7 Å². The van der Waals surface area contributed by atoms with Crippen LogP contribution in [0.25, 0.3) is 32.7 Å². The number of carboxylic acid groups (broad SMARTS) is 1. The predicted molar refractivity (Wildman–Crippen MR) is 124 cm³/mol. The van der Waals surface area contributed by atoms with Crippen molar-refractivity contribution in [3.05, 3.63) is 35.8 Å². The van der Waals surface area contributed by atoms with E-state index in [0.29, 0.717) is 16.6 Å². The van der Waals surface area contributed by atoms with Crippen LogP contribution in [0.2, 0.25) is 0 Å². The van der Waals surface area contributed by atoms with Crippen molar-refractivity contribution >= 4 is 47.4 Å². The van der Waals surface area contributed by atoms with Crippen LogP contribution in [0.1, 0.15) is 0 Å². The van der Waals surface area contributed by atoms with E-state index in [0.717, 1.165) is 4.70 Å². The summed E-state index contributed by atoms with van der Waals surface area (Å²) >= 11 is 1.45. The minimum Gasteiger partial charge on any atom is -0.475 e. The Morgan fingerprint density at radius 2 is 1.81 bits per heavy atom. The molecule has 0 fully saturated rings. The Morgan fingerprint density at radius 1 is 1.14 bits per heavy atom. The summed E-state index contributed by atoms with van der Waals surface area (Å²) in [5.74, 6) is -3.32. The van der Waals surface area contributed by atoms with Gasteiger partial charge in [0.1, 0.15) is 4.90 Å². The van der Waals surface area contributed by atoms with Crippen molar-refractivity contribution in [1.82, 2.24) is 25.6 Å². The number of sulfonamides is 1. The van der Waals surface area contributed by atoms with Crippen LogP contribution in [0.15, 0.2) is 45.6 Å². The molecule has 0 spiro atoms. The molecule has 0 aliphatic rings. The number of aromatic amines is 1. The van der Waals surface area contributed by atoms with Gasteiger partial charge in [-0.3, -0.25) is 0 Å². The van der Waals surface area contributed by atoms with Gasteiger partial charge in [-0.15, -0.1) is 21.5 Å². The molecule has 0 unspecified atom stereocenters. The summed E-state index contributed by atoms with van der Waals surface area (Å²) in [5, 5.41) is 26.0. The molecule has 37 heavy (non-hydrogen) atoms. The Kier molecular flexibility index (Phi) is 7.93. The van der Waals surface area contributed by atoms with Crippen LogP contribution in [0.5, 0.6) is 0 Å². The molecule has 2 heterocycles. The number of benzene rings is 2. The van der Waals surface area contributed by atoms with Crippen molar-refractivity contribution in [1.29, 1.82) is 0 Å².